The van der Waals surface area contributed by atoms with Crippen LogP contribution in [-0.4, -0.2) is 42.8 Å². The quantitative estimate of drug-likeness (QED) is 0.623. The van der Waals surface area contributed by atoms with Gasteiger partial charge < -0.3 is 20.9 Å². The molecule has 1 heterocycles. The van der Waals surface area contributed by atoms with E-state index in [1.807, 2.05) is 0 Å². The maximum atomic E-state index is 11.9. The number of carbonyl (C=O) groups excluding carboxylic acids is 1. The SMILES string of the molecule is CC(C)(CN)C(=O)NC1COCC1(C)C(=O)O. The molecule has 1 aliphatic heterocycles. The van der Waals surface area contributed by atoms with Gasteiger partial charge in [0.15, 0.2) is 0 Å². The van der Waals surface area contributed by atoms with Gasteiger partial charge in [0.05, 0.1) is 24.7 Å². The Morgan fingerprint density at radius 2 is 2.18 bits per heavy atom. The van der Waals surface area contributed by atoms with Gasteiger partial charge in [0.2, 0.25) is 5.91 Å². The Labute approximate surface area is 101 Å². The lowest BCUT2D eigenvalue weighted by Gasteiger charge is -2.29. The van der Waals surface area contributed by atoms with Crippen LogP contribution in [0.15, 0.2) is 0 Å². The van der Waals surface area contributed by atoms with Gasteiger partial charge in [-0.15, -0.1) is 0 Å². The number of carbonyl (C=O) groups is 2. The fourth-order valence-electron chi connectivity index (χ4n) is 1.53. The Balaban J connectivity index is 2.75. The number of amides is 1. The second-order valence-corrected chi connectivity index (χ2v) is 5.35. The highest BCUT2D eigenvalue weighted by Crippen LogP contribution is 2.29. The standard InChI is InChI=1S/C11H20N2O4/c1-10(2,5-12)8(14)13-7-4-17-6-11(7,3)9(15)16/h7H,4-6,12H2,1-3H3,(H,13,14)(H,15,16). The summed E-state index contributed by atoms with van der Waals surface area (Å²) in [4.78, 5) is 23.1. The van der Waals surface area contributed by atoms with Crippen molar-refractivity contribution in [1.29, 1.82) is 0 Å². The van der Waals surface area contributed by atoms with E-state index in [9.17, 15) is 9.59 Å². The average molecular weight is 244 g/mol. The number of nitrogens with two attached hydrogens (primary N) is 1. The van der Waals surface area contributed by atoms with Gasteiger partial charge in [0, 0.05) is 6.54 Å². The summed E-state index contributed by atoms with van der Waals surface area (Å²) in [5, 5.41) is 11.9. The summed E-state index contributed by atoms with van der Waals surface area (Å²) in [7, 11) is 0. The molecule has 6 heteroatoms. The maximum Gasteiger partial charge on any atom is 0.313 e. The first-order valence-corrected chi connectivity index (χ1v) is 5.56. The zero-order valence-corrected chi connectivity index (χ0v) is 10.4. The fraction of sp³-hybridized carbons (Fsp3) is 0.818. The monoisotopic (exact) mass is 244 g/mol. The molecule has 0 spiro atoms. The highest BCUT2D eigenvalue weighted by Gasteiger charge is 2.48. The van der Waals surface area contributed by atoms with E-state index in [2.05, 4.69) is 5.32 Å². The maximum absolute atomic E-state index is 11.9. The van der Waals surface area contributed by atoms with E-state index in [0.717, 1.165) is 0 Å². The van der Waals surface area contributed by atoms with Crippen LogP contribution in [0.4, 0.5) is 0 Å². The summed E-state index contributed by atoms with van der Waals surface area (Å²) in [6.45, 7) is 5.54. The van der Waals surface area contributed by atoms with Crippen LogP contribution in [0, 0.1) is 10.8 Å². The van der Waals surface area contributed by atoms with Crippen LogP contribution in [0.2, 0.25) is 0 Å². The number of hydrogen-bond acceptors (Lipinski definition) is 4. The molecule has 4 N–H and O–H groups in total. The smallest absolute Gasteiger partial charge is 0.313 e. The van der Waals surface area contributed by atoms with Gasteiger partial charge in [-0.25, -0.2) is 0 Å². The first kappa shape index (κ1) is 13.9. The summed E-state index contributed by atoms with van der Waals surface area (Å²) in [6, 6.07) is -0.515. The predicted molar refractivity (Wildman–Crippen MR) is 61.3 cm³/mol. The minimum absolute atomic E-state index is 0.107. The van der Waals surface area contributed by atoms with Crippen LogP contribution < -0.4 is 11.1 Å². The van der Waals surface area contributed by atoms with E-state index in [1.54, 1.807) is 20.8 Å². The highest BCUT2D eigenvalue weighted by molar-refractivity contribution is 5.84. The minimum atomic E-state index is -1.07. The molecular weight excluding hydrogens is 224 g/mol. The molecule has 0 bridgehead atoms. The van der Waals surface area contributed by atoms with Gasteiger partial charge in [-0.2, -0.15) is 0 Å². The van der Waals surface area contributed by atoms with Crippen molar-refractivity contribution >= 4 is 11.9 Å². The molecule has 2 atom stereocenters. The Kier molecular flexibility index (Phi) is 3.78. The minimum Gasteiger partial charge on any atom is -0.481 e. The third-order valence-electron chi connectivity index (χ3n) is 3.37. The van der Waals surface area contributed by atoms with Crippen molar-refractivity contribution in [2.24, 2.45) is 16.6 Å². The summed E-state index contributed by atoms with van der Waals surface area (Å²) < 4.78 is 5.15. The summed E-state index contributed by atoms with van der Waals surface area (Å²) in [5.41, 5.74) is 3.73. The number of nitrogens with one attached hydrogen (secondary N) is 1. The fourth-order valence-corrected chi connectivity index (χ4v) is 1.53. The zero-order valence-electron chi connectivity index (χ0n) is 10.4. The van der Waals surface area contributed by atoms with Crippen LogP contribution in [0.1, 0.15) is 20.8 Å². The van der Waals surface area contributed by atoms with E-state index in [-0.39, 0.29) is 25.7 Å². The molecule has 0 saturated carbocycles. The molecule has 6 nitrogen and oxygen atoms in total. The molecule has 1 saturated heterocycles. The van der Waals surface area contributed by atoms with Gasteiger partial charge in [0.25, 0.3) is 0 Å². The van der Waals surface area contributed by atoms with E-state index < -0.39 is 22.8 Å². The topological polar surface area (TPSA) is 102 Å². The Morgan fingerprint density at radius 3 is 2.65 bits per heavy atom. The second-order valence-electron chi connectivity index (χ2n) is 5.35. The van der Waals surface area contributed by atoms with Gasteiger partial charge in [-0.3, -0.25) is 9.59 Å². The molecule has 2 unspecified atom stereocenters. The van der Waals surface area contributed by atoms with Gasteiger partial charge in [0.1, 0.15) is 5.41 Å². The summed E-state index contributed by atoms with van der Waals surface area (Å²) in [6.07, 6.45) is 0. The second kappa shape index (κ2) is 4.62. The number of carboxylic acids is 1. The van der Waals surface area contributed by atoms with Crippen LogP contribution in [0.25, 0.3) is 0 Å². The van der Waals surface area contributed by atoms with E-state index in [1.165, 1.54) is 0 Å². The lowest BCUT2D eigenvalue weighted by molar-refractivity contribution is -0.149. The largest absolute Gasteiger partial charge is 0.481 e. The number of hydrogen-bond donors (Lipinski definition) is 3. The van der Waals surface area contributed by atoms with Crippen molar-refractivity contribution < 1.29 is 19.4 Å². The number of carboxylic acid groups (broad SMARTS) is 1. The van der Waals surface area contributed by atoms with Crippen molar-refractivity contribution in [2.45, 2.75) is 26.8 Å². The molecule has 0 aliphatic carbocycles. The predicted octanol–water partition coefficient (Wildman–Crippen LogP) is -0.423. The summed E-state index contributed by atoms with van der Waals surface area (Å²) >= 11 is 0. The molecule has 0 aromatic rings. The van der Waals surface area contributed by atoms with Gasteiger partial charge in [-0.05, 0) is 20.8 Å². The first-order chi connectivity index (χ1) is 7.74. The van der Waals surface area contributed by atoms with Crippen molar-refractivity contribution in [2.75, 3.05) is 19.8 Å². The van der Waals surface area contributed by atoms with E-state index >= 15 is 0 Å². The highest BCUT2D eigenvalue weighted by atomic mass is 16.5. The van der Waals surface area contributed by atoms with E-state index in [4.69, 9.17) is 15.6 Å². The molecule has 98 valence electrons. The van der Waals surface area contributed by atoms with Gasteiger partial charge in [-0.1, -0.05) is 0 Å². The molecule has 17 heavy (non-hydrogen) atoms. The summed E-state index contributed by atoms with van der Waals surface area (Å²) in [5.74, 6) is -1.21. The molecule has 0 aromatic carbocycles. The molecule has 0 radical (unpaired) electrons. The van der Waals surface area contributed by atoms with Crippen LogP contribution in [0.3, 0.4) is 0 Å². The van der Waals surface area contributed by atoms with Crippen molar-refractivity contribution in [3.05, 3.63) is 0 Å². The van der Waals surface area contributed by atoms with E-state index in [0.29, 0.717) is 0 Å². The Hall–Kier alpha value is -1.14. The molecule has 1 fully saturated rings. The van der Waals surface area contributed by atoms with Crippen LogP contribution in [-0.2, 0) is 14.3 Å². The molecule has 1 amide bonds. The van der Waals surface area contributed by atoms with Crippen LogP contribution >= 0.6 is 0 Å². The lowest BCUT2D eigenvalue weighted by atomic mass is 9.84. The number of aliphatic carboxylic acids is 1. The molecule has 1 aliphatic rings. The lowest BCUT2D eigenvalue weighted by Crippen LogP contribution is -2.53. The average Bonchev–Trinajstić information content (AvgIpc) is 2.61. The Bertz CT molecular complexity index is 329. The third kappa shape index (κ3) is 2.58. The van der Waals surface area contributed by atoms with Crippen molar-refractivity contribution in [3.63, 3.8) is 0 Å². The van der Waals surface area contributed by atoms with Crippen LogP contribution in [0.5, 0.6) is 0 Å². The van der Waals surface area contributed by atoms with Crippen molar-refractivity contribution in [1.82, 2.24) is 5.32 Å². The number of rotatable bonds is 4. The first-order valence-electron chi connectivity index (χ1n) is 5.56. The molecule has 0 aromatic heterocycles. The Morgan fingerprint density at radius 1 is 1.59 bits per heavy atom. The van der Waals surface area contributed by atoms with Gasteiger partial charge >= 0.3 is 5.97 Å². The zero-order chi connectivity index (χ0) is 13.3. The van der Waals surface area contributed by atoms with Crippen molar-refractivity contribution in [3.8, 4) is 0 Å². The number of ether oxygens (including phenoxy) is 1. The molecular formula is C11H20N2O4. The normalized spacial score (nSPS) is 29.1. The third-order valence-corrected chi connectivity index (χ3v) is 3.37. The molecule has 1 rings (SSSR count).